The summed E-state index contributed by atoms with van der Waals surface area (Å²) in [6.45, 7) is 3.18. The number of thiazole rings is 1. The molecule has 0 saturated carbocycles. The first-order valence-corrected chi connectivity index (χ1v) is 7.67. The smallest absolute Gasteiger partial charge is 0.220 e. The number of anilines is 1. The molecule has 112 valence electrons. The molecule has 0 spiro atoms. The van der Waals surface area contributed by atoms with E-state index in [0.717, 1.165) is 29.4 Å². The molecule has 1 amide bonds. The van der Waals surface area contributed by atoms with E-state index in [0.29, 0.717) is 6.61 Å². The van der Waals surface area contributed by atoms with Crippen LogP contribution in [-0.4, -0.2) is 17.5 Å². The predicted octanol–water partition coefficient (Wildman–Crippen LogP) is 2.57. The summed E-state index contributed by atoms with van der Waals surface area (Å²) in [6, 6.07) is 7.63. The fourth-order valence-corrected chi connectivity index (χ4v) is 2.52. The maximum absolute atomic E-state index is 10.6. The summed E-state index contributed by atoms with van der Waals surface area (Å²) in [4.78, 5) is 16.2. The molecule has 0 atom stereocenters. The highest BCUT2D eigenvalue weighted by Gasteiger charge is 2.01. The molecule has 2 rings (SSSR count). The zero-order valence-electron chi connectivity index (χ0n) is 12.0. The van der Waals surface area contributed by atoms with E-state index >= 15 is 0 Å². The number of aryl methyl sites for hydroxylation is 1. The first-order valence-electron chi connectivity index (χ1n) is 6.86. The quantitative estimate of drug-likeness (QED) is 0.786. The summed E-state index contributed by atoms with van der Waals surface area (Å²) in [5, 5.41) is 4.50. The van der Waals surface area contributed by atoms with Crippen LogP contribution in [0.4, 0.5) is 5.69 Å². The van der Waals surface area contributed by atoms with E-state index < -0.39 is 0 Å². The number of carbonyl (C=O) groups is 1. The number of hydrogen-bond donors (Lipinski definition) is 2. The minimum absolute atomic E-state index is 0.227. The Labute approximate surface area is 128 Å². The lowest BCUT2D eigenvalue weighted by Crippen LogP contribution is -2.14. The topological polar surface area (TPSA) is 77.2 Å². The lowest BCUT2D eigenvalue weighted by molar-refractivity contribution is -0.118. The molecule has 1 aromatic carbocycles. The van der Waals surface area contributed by atoms with Gasteiger partial charge in [-0.2, -0.15) is 0 Å². The molecule has 0 bridgehead atoms. The van der Waals surface area contributed by atoms with Crippen LogP contribution in [0, 0.1) is 0 Å². The van der Waals surface area contributed by atoms with E-state index in [9.17, 15) is 4.79 Å². The van der Waals surface area contributed by atoms with Gasteiger partial charge in [0.15, 0.2) is 0 Å². The molecular weight excluding hydrogens is 286 g/mol. The predicted molar refractivity (Wildman–Crippen MR) is 84.6 cm³/mol. The second-order valence-electron chi connectivity index (χ2n) is 4.52. The van der Waals surface area contributed by atoms with E-state index in [1.54, 1.807) is 11.3 Å². The highest BCUT2D eigenvalue weighted by Crippen LogP contribution is 2.18. The van der Waals surface area contributed by atoms with E-state index in [2.05, 4.69) is 17.2 Å². The molecule has 0 fully saturated rings. The number of nitrogens with two attached hydrogens (primary N) is 1. The van der Waals surface area contributed by atoms with Gasteiger partial charge in [-0.15, -0.1) is 11.3 Å². The van der Waals surface area contributed by atoms with Crippen LogP contribution in [0.2, 0.25) is 0 Å². The number of nitrogens with zero attached hydrogens (tertiary/aromatic N) is 1. The third kappa shape index (κ3) is 5.07. The average molecular weight is 305 g/mol. The summed E-state index contributed by atoms with van der Waals surface area (Å²) in [7, 11) is 0. The van der Waals surface area contributed by atoms with Crippen LogP contribution >= 0.6 is 11.3 Å². The van der Waals surface area contributed by atoms with Gasteiger partial charge in [0.25, 0.3) is 0 Å². The number of aromatic nitrogens is 1. The second-order valence-corrected chi connectivity index (χ2v) is 5.72. The molecule has 6 heteroatoms. The molecular formula is C15H19N3O2S. The van der Waals surface area contributed by atoms with Gasteiger partial charge in [0.05, 0.1) is 24.6 Å². The van der Waals surface area contributed by atoms with Crippen molar-refractivity contribution in [3.63, 3.8) is 0 Å². The Morgan fingerprint density at radius 1 is 1.38 bits per heavy atom. The number of nitrogens with one attached hydrogen (secondary N) is 1. The molecule has 5 nitrogen and oxygen atoms in total. The Morgan fingerprint density at radius 3 is 2.76 bits per heavy atom. The highest BCUT2D eigenvalue weighted by atomic mass is 32.1. The van der Waals surface area contributed by atoms with Gasteiger partial charge in [-0.05, 0) is 30.7 Å². The number of amides is 1. The number of benzene rings is 1. The summed E-state index contributed by atoms with van der Waals surface area (Å²) < 4.78 is 5.42. The van der Waals surface area contributed by atoms with Crippen LogP contribution < -0.4 is 15.8 Å². The minimum Gasteiger partial charge on any atom is -0.493 e. The number of carbonyl (C=O) groups excluding carboxylic acids is 1. The molecule has 0 radical (unpaired) electrons. The number of primary amides is 1. The Hall–Kier alpha value is -2.08. The summed E-state index contributed by atoms with van der Waals surface area (Å²) in [5.74, 6) is 0.372. The van der Waals surface area contributed by atoms with Crippen molar-refractivity contribution in [2.45, 2.75) is 26.3 Å². The third-order valence-electron chi connectivity index (χ3n) is 2.84. The maximum atomic E-state index is 10.6. The van der Waals surface area contributed by atoms with Crippen LogP contribution in [0.5, 0.6) is 5.75 Å². The molecule has 1 aromatic heterocycles. The third-order valence-corrected chi connectivity index (χ3v) is 3.98. The van der Waals surface area contributed by atoms with Gasteiger partial charge >= 0.3 is 0 Å². The molecule has 0 aliphatic heterocycles. The van der Waals surface area contributed by atoms with Crippen LogP contribution in [0.15, 0.2) is 30.5 Å². The van der Waals surface area contributed by atoms with Crippen molar-refractivity contribution in [2.75, 3.05) is 11.9 Å². The van der Waals surface area contributed by atoms with Crippen molar-refractivity contribution in [2.24, 2.45) is 5.73 Å². The maximum Gasteiger partial charge on any atom is 0.220 e. The van der Waals surface area contributed by atoms with Crippen LogP contribution in [0.25, 0.3) is 0 Å². The molecule has 0 aliphatic carbocycles. The number of ether oxygens (including phenoxy) is 1. The molecule has 0 saturated heterocycles. The van der Waals surface area contributed by atoms with Crippen molar-refractivity contribution in [3.8, 4) is 5.75 Å². The van der Waals surface area contributed by atoms with E-state index in [-0.39, 0.29) is 12.3 Å². The Kier molecular flexibility index (Phi) is 5.57. The summed E-state index contributed by atoms with van der Waals surface area (Å²) >= 11 is 1.73. The van der Waals surface area contributed by atoms with Crippen LogP contribution in [-0.2, 0) is 17.8 Å². The van der Waals surface area contributed by atoms with Gasteiger partial charge in [-0.3, -0.25) is 4.79 Å². The normalized spacial score (nSPS) is 10.3. The average Bonchev–Trinajstić information content (AvgIpc) is 2.94. The van der Waals surface area contributed by atoms with Crippen LogP contribution in [0.1, 0.15) is 23.2 Å². The molecule has 3 N–H and O–H groups in total. The van der Waals surface area contributed by atoms with Crippen molar-refractivity contribution in [3.05, 3.63) is 40.3 Å². The molecule has 21 heavy (non-hydrogen) atoms. The Balaban J connectivity index is 1.80. The molecule has 1 heterocycles. The fraction of sp³-hybridized carbons (Fsp3) is 0.333. The van der Waals surface area contributed by atoms with Crippen LogP contribution in [0.3, 0.4) is 0 Å². The van der Waals surface area contributed by atoms with Gasteiger partial charge in [0.1, 0.15) is 5.75 Å². The largest absolute Gasteiger partial charge is 0.493 e. The highest BCUT2D eigenvalue weighted by molar-refractivity contribution is 7.11. The van der Waals surface area contributed by atoms with E-state index in [1.807, 2.05) is 30.5 Å². The second kappa shape index (κ2) is 7.64. The number of rotatable bonds is 8. The zero-order valence-corrected chi connectivity index (χ0v) is 12.8. The van der Waals surface area contributed by atoms with Gasteiger partial charge in [-0.1, -0.05) is 6.92 Å². The summed E-state index contributed by atoms with van der Waals surface area (Å²) in [5.41, 5.74) is 6.07. The van der Waals surface area contributed by atoms with E-state index in [1.165, 1.54) is 4.88 Å². The number of hydrogen-bond acceptors (Lipinski definition) is 5. The summed E-state index contributed by atoms with van der Waals surface area (Å²) in [6.07, 6.45) is 3.12. The minimum atomic E-state index is -0.357. The lowest BCUT2D eigenvalue weighted by Gasteiger charge is -2.07. The molecule has 2 aromatic rings. The first-order chi connectivity index (χ1) is 10.2. The fourth-order valence-electron chi connectivity index (χ4n) is 1.72. The Morgan fingerprint density at radius 2 is 2.14 bits per heavy atom. The molecule has 0 aliphatic rings. The molecule has 0 unspecified atom stereocenters. The monoisotopic (exact) mass is 305 g/mol. The van der Waals surface area contributed by atoms with Crippen molar-refractivity contribution >= 4 is 22.9 Å². The van der Waals surface area contributed by atoms with Gasteiger partial charge in [0, 0.05) is 16.8 Å². The van der Waals surface area contributed by atoms with Gasteiger partial charge < -0.3 is 15.8 Å². The van der Waals surface area contributed by atoms with E-state index in [4.69, 9.17) is 10.5 Å². The van der Waals surface area contributed by atoms with Crippen molar-refractivity contribution < 1.29 is 9.53 Å². The zero-order chi connectivity index (χ0) is 15.1. The van der Waals surface area contributed by atoms with Gasteiger partial charge in [0.2, 0.25) is 5.91 Å². The SMILES string of the molecule is CCc1ncc(CNc2ccc(OCCC(N)=O)cc2)s1. The first kappa shape index (κ1) is 15.3. The Bertz CT molecular complexity index is 581. The lowest BCUT2D eigenvalue weighted by atomic mass is 10.3. The van der Waals surface area contributed by atoms with Crippen molar-refractivity contribution in [1.29, 1.82) is 0 Å². The van der Waals surface area contributed by atoms with Gasteiger partial charge in [-0.25, -0.2) is 4.98 Å². The van der Waals surface area contributed by atoms with Crippen molar-refractivity contribution in [1.82, 2.24) is 4.98 Å². The standard InChI is InChI=1S/C15H19N3O2S/c1-2-15-18-10-13(21-15)9-17-11-3-5-12(6-4-11)20-8-7-14(16)19/h3-6,10,17H,2,7-9H2,1H3,(H2,16,19).